The smallest absolute Gasteiger partial charge is 0.133 e. The Morgan fingerprint density at radius 1 is 1.54 bits per heavy atom. The van der Waals surface area contributed by atoms with E-state index in [4.69, 9.17) is 10.00 Å². The van der Waals surface area contributed by atoms with Crippen LogP contribution in [0.4, 0.5) is 0 Å². The summed E-state index contributed by atoms with van der Waals surface area (Å²) < 4.78 is 6.30. The monoisotopic (exact) mass is 239 g/mol. The van der Waals surface area contributed by atoms with E-state index in [1.165, 1.54) is 5.56 Å². The summed E-state index contributed by atoms with van der Waals surface area (Å²) in [5, 5.41) is 8.32. The van der Waals surface area contributed by atoms with E-state index >= 15 is 0 Å². The summed E-state index contributed by atoms with van der Waals surface area (Å²) in [6.45, 7) is 2.46. The van der Waals surface area contributed by atoms with Crippen molar-refractivity contribution in [2.45, 2.75) is 13.3 Å². The molecule has 0 radical (unpaired) electrons. The first-order chi connectivity index (χ1) is 6.24. The molecule has 1 aromatic rings. The third-order valence-corrected chi connectivity index (χ3v) is 2.18. The molecule has 1 rings (SSSR count). The Labute approximate surface area is 86.3 Å². The van der Waals surface area contributed by atoms with Crippen molar-refractivity contribution in [3.05, 3.63) is 28.2 Å². The summed E-state index contributed by atoms with van der Waals surface area (Å²) in [7, 11) is 0. The second kappa shape index (κ2) is 4.88. The molecule has 0 aliphatic rings. The van der Waals surface area contributed by atoms with E-state index in [-0.39, 0.29) is 0 Å². The van der Waals surface area contributed by atoms with Crippen molar-refractivity contribution >= 4 is 15.9 Å². The zero-order valence-corrected chi connectivity index (χ0v) is 8.97. The largest absolute Gasteiger partial charge is 0.491 e. The van der Waals surface area contributed by atoms with Crippen molar-refractivity contribution in [3.63, 3.8) is 0 Å². The number of hydrogen-bond donors (Lipinski definition) is 0. The third kappa shape index (κ3) is 3.08. The molecule has 0 N–H and O–H groups in total. The predicted molar refractivity (Wildman–Crippen MR) is 54.6 cm³/mol. The van der Waals surface area contributed by atoms with Crippen LogP contribution >= 0.6 is 15.9 Å². The third-order valence-electron chi connectivity index (χ3n) is 1.56. The highest BCUT2D eigenvalue weighted by atomic mass is 79.9. The van der Waals surface area contributed by atoms with Gasteiger partial charge in [0.2, 0.25) is 0 Å². The van der Waals surface area contributed by atoms with E-state index in [9.17, 15) is 0 Å². The summed E-state index contributed by atoms with van der Waals surface area (Å²) >= 11 is 3.39. The number of halogens is 1. The molecule has 0 bridgehead atoms. The van der Waals surface area contributed by atoms with Crippen LogP contribution in [0.5, 0.6) is 5.75 Å². The van der Waals surface area contributed by atoms with Crippen LogP contribution in [0.15, 0.2) is 22.7 Å². The van der Waals surface area contributed by atoms with Crippen molar-refractivity contribution < 1.29 is 4.74 Å². The van der Waals surface area contributed by atoms with Crippen molar-refractivity contribution in [2.75, 3.05) is 6.61 Å². The molecule has 3 heteroatoms. The van der Waals surface area contributed by atoms with Gasteiger partial charge in [0.15, 0.2) is 0 Å². The first kappa shape index (κ1) is 10.1. The Morgan fingerprint density at radius 2 is 2.31 bits per heavy atom. The van der Waals surface area contributed by atoms with Gasteiger partial charge in [-0.2, -0.15) is 5.26 Å². The normalized spacial score (nSPS) is 9.31. The number of nitrogens with zero attached hydrogens (tertiary/aromatic N) is 1. The maximum Gasteiger partial charge on any atom is 0.133 e. The second-order valence-electron chi connectivity index (χ2n) is 2.69. The van der Waals surface area contributed by atoms with Gasteiger partial charge in [0.25, 0.3) is 0 Å². The Balaban J connectivity index is 2.62. The highest BCUT2D eigenvalue weighted by Gasteiger charge is 1.99. The molecule has 0 atom stereocenters. The minimum atomic E-state index is 0.417. The van der Waals surface area contributed by atoms with Gasteiger partial charge in [-0.3, -0.25) is 0 Å². The van der Waals surface area contributed by atoms with E-state index in [0.717, 1.165) is 10.2 Å². The van der Waals surface area contributed by atoms with Gasteiger partial charge in [-0.05, 0) is 40.5 Å². The Morgan fingerprint density at radius 3 is 2.92 bits per heavy atom. The molecule has 0 saturated carbocycles. The van der Waals surface area contributed by atoms with Gasteiger partial charge in [-0.25, -0.2) is 0 Å². The maximum atomic E-state index is 8.32. The van der Waals surface area contributed by atoms with Gasteiger partial charge >= 0.3 is 0 Å². The molecular weight excluding hydrogens is 230 g/mol. The Bertz CT molecular complexity index is 330. The number of rotatable bonds is 3. The maximum absolute atomic E-state index is 8.32. The summed E-state index contributed by atoms with van der Waals surface area (Å²) in [5.74, 6) is 0.792. The zero-order valence-electron chi connectivity index (χ0n) is 7.38. The van der Waals surface area contributed by atoms with Gasteiger partial charge in [-0.15, -0.1) is 0 Å². The lowest BCUT2D eigenvalue weighted by molar-refractivity contribution is 0.324. The zero-order chi connectivity index (χ0) is 9.68. The SMILES string of the molecule is Cc1ccc(OCCC#N)c(Br)c1. The van der Waals surface area contributed by atoms with Crippen molar-refractivity contribution in [2.24, 2.45) is 0 Å². The molecule has 68 valence electrons. The average Bonchev–Trinajstić information content (AvgIpc) is 2.09. The second-order valence-corrected chi connectivity index (χ2v) is 3.54. The van der Waals surface area contributed by atoms with Crippen molar-refractivity contribution in [1.82, 2.24) is 0 Å². The van der Waals surface area contributed by atoms with Gasteiger partial charge < -0.3 is 4.74 Å². The van der Waals surface area contributed by atoms with Crippen LogP contribution in [0.2, 0.25) is 0 Å². The summed E-state index contributed by atoms with van der Waals surface area (Å²) in [6.07, 6.45) is 0.417. The molecule has 0 fully saturated rings. The number of hydrogen-bond acceptors (Lipinski definition) is 2. The molecule has 0 aromatic heterocycles. The van der Waals surface area contributed by atoms with Crippen LogP contribution in [0.1, 0.15) is 12.0 Å². The summed E-state index contributed by atoms with van der Waals surface area (Å²) in [5.41, 5.74) is 1.18. The van der Waals surface area contributed by atoms with E-state index in [2.05, 4.69) is 15.9 Å². The minimum absolute atomic E-state index is 0.417. The molecule has 0 aliphatic carbocycles. The minimum Gasteiger partial charge on any atom is -0.491 e. The van der Waals surface area contributed by atoms with E-state index in [1.807, 2.05) is 31.2 Å². The quantitative estimate of drug-likeness (QED) is 0.760. The molecule has 2 nitrogen and oxygen atoms in total. The molecule has 0 saturated heterocycles. The fraction of sp³-hybridized carbons (Fsp3) is 0.300. The summed E-state index contributed by atoms with van der Waals surface area (Å²) in [6, 6.07) is 7.89. The molecule has 0 heterocycles. The van der Waals surface area contributed by atoms with Crippen LogP contribution < -0.4 is 4.74 Å². The standard InChI is InChI=1S/C10H10BrNO/c1-8-3-4-10(9(11)7-8)13-6-2-5-12/h3-4,7H,2,6H2,1H3. The number of ether oxygens (including phenoxy) is 1. The van der Waals surface area contributed by atoms with Gasteiger partial charge in [0, 0.05) is 0 Å². The van der Waals surface area contributed by atoms with E-state index in [0.29, 0.717) is 13.0 Å². The fourth-order valence-corrected chi connectivity index (χ4v) is 1.54. The highest BCUT2D eigenvalue weighted by molar-refractivity contribution is 9.10. The molecule has 0 aliphatic heterocycles. The lowest BCUT2D eigenvalue weighted by Gasteiger charge is -2.06. The molecule has 13 heavy (non-hydrogen) atoms. The molecule has 0 amide bonds. The van der Waals surface area contributed by atoms with E-state index < -0.39 is 0 Å². The number of benzene rings is 1. The fourth-order valence-electron chi connectivity index (χ4n) is 0.930. The molecular formula is C10H10BrNO. The highest BCUT2D eigenvalue weighted by Crippen LogP contribution is 2.25. The van der Waals surface area contributed by atoms with E-state index in [1.54, 1.807) is 0 Å². The lowest BCUT2D eigenvalue weighted by atomic mass is 10.2. The number of nitriles is 1. The van der Waals surface area contributed by atoms with Crippen LogP contribution in [0.3, 0.4) is 0 Å². The van der Waals surface area contributed by atoms with Crippen molar-refractivity contribution in [1.29, 1.82) is 5.26 Å². The molecule has 0 spiro atoms. The van der Waals surface area contributed by atoms with Gasteiger partial charge in [-0.1, -0.05) is 6.07 Å². The molecule has 1 aromatic carbocycles. The van der Waals surface area contributed by atoms with Crippen LogP contribution in [0, 0.1) is 18.3 Å². The van der Waals surface area contributed by atoms with Crippen LogP contribution in [0.25, 0.3) is 0 Å². The van der Waals surface area contributed by atoms with Gasteiger partial charge in [0.05, 0.1) is 17.0 Å². The first-order valence-electron chi connectivity index (χ1n) is 4.00. The van der Waals surface area contributed by atoms with Crippen LogP contribution in [-0.4, -0.2) is 6.61 Å². The Hall–Kier alpha value is -1.01. The topological polar surface area (TPSA) is 33.0 Å². The molecule has 0 unspecified atom stereocenters. The number of aryl methyl sites for hydroxylation is 1. The van der Waals surface area contributed by atoms with Crippen LogP contribution in [-0.2, 0) is 0 Å². The Kier molecular flexibility index (Phi) is 3.78. The first-order valence-corrected chi connectivity index (χ1v) is 4.79. The predicted octanol–water partition coefficient (Wildman–Crippen LogP) is 3.05. The lowest BCUT2D eigenvalue weighted by Crippen LogP contribution is -1.96. The average molecular weight is 240 g/mol. The summed E-state index contributed by atoms with van der Waals surface area (Å²) in [4.78, 5) is 0. The van der Waals surface area contributed by atoms with Crippen molar-refractivity contribution in [3.8, 4) is 11.8 Å². The van der Waals surface area contributed by atoms with Gasteiger partial charge in [0.1, 0.15) is 12.4 Å².